The molecule has 0 unspecified atom stereocenters. The second-order valence-corrected chi connectivity index (χ2v) is 8.62. The van der Waals surface area contributed by atoms with Gasteiger partial charge in [-0.05, 0) is 62.4 Å². The van der Waals surface area contributed by atoms with Crippen LogP contribution in [0.25, 0.3) is 0 Å². The number of piperazine rings is 1. The van der Waals surface area contributed by atoms with Crippen LogP contribution in [0.1, 0.15) is 21.7 Å². The van der Waals surface area contributed by atoms with E-state index in [0.717, 1.165) is 56.3 Å². The lowest BCUT2D eigenvalue weighted by atomic mass is 10.1. The number of likely N-dealkylation sites (N-methyl/N-ethyl adjacent to an activating group) is 1. The van der Waals surface area contributed by atoms with Crippen LogP contribution in [-0.2, 0) is 6.42 Å². The van der Waals surface area contributed by atoms with Crippen molar-refractivity contribution in [2.45, 2.75) is 13.3 Å². The Morgan fingerprint density at radius 1 is 1.06 bits per heavy atom. The first-order chi connectivity index (χ1) is 16.0. The number of hydrogen-bond donors (Lipinski definition) is 1. The second kappa shape index (κ2) is 8.78. The van der Waals surface area contributed by atoms with E-state index in [1.807, 2.05) is 24.3 Å². The standard InChI is InChI=1S/C25H29N5O3/c1-17-16-26-25(33-17)27-24(31)18-4-6-20(7-5-18)30-9-8-19-14-23(32-3)22(15-21(19)30)29-12-10-28(2)11-13-29/h4-7,14-16H,8-13H2,1-3H3,(H,26,27,31). The smallest absolute Gasteiger partial charge is 0.301 e. The van der Waals surface area contributed by atoms with Crippen LogP contribution in [0, 0.1) is 6.92 Å². The van der Waals surface area contributed by atoms with E-state index in [4.69, 9.17) is 9.15 Å². The van der Waals surface area contributed by atoms with Crippen molar-refractivity contribution in [2.24, 2.45) is 0 Å². The third-order valence-electron chi connectivity index (χ3n) is 6.40. The highest BCUT2D eigenvalue weighted by atomic mass is 16.5. The molecule has 2 aliphatic heterocycles. The number of benzene rings is 2. The molecule has 0 aliphatic carbocycles. The Hall–Kier alpha value is -3.52. The van der Waals surface area contributed by atoms with Crippen LogP contribution < -0.4 is 19.9 Å². The number of methoxy groups -OCH3 is 1. The number of aryl methyl sites for hydroxylation is 1. The minimum absolute atomic E-state index is 0.209. The monoisotopic (exact) mass is 447 g/mol. The quantitative estimate of drug-likeness (QED) is 0.639. The van der Waals surface area contributed by atoms with E-state index in [1.54, 1.807) is 20.2 Å². The highest BCUT2D eigenvalue weighted by Gasteiger charge is 2.26. The Morgan fingerprint density at radius 2 is 1.82 bits per heavy atom. The summed E-state index contributed by atoms with van der Waals surface area (Å²) in [4.78, 5) is 23.6. The topological polar surface area (TPSA) is 74.1 Å². The summed E-state index contributed by atoms with van der Waals surface area (Å²) in [7, 11) is 3.91. The number of nitrogens with one attached hydrogen (secondary N) is 1. The van der Waals surface area contributed by atoms with Crippen molar-refractivity contribution in [1.82, 2.24) is 9.88 Å². The third-order valence-corrected chi connectivity index (χ3v) is 6.40. The average Bonchev–Trinajstić information content (AvgIpc) is 3.44. The van der Waals surface area contributed by atoms with Gasteiger partial charge >= 0.3 is 6.01 Å². The molecule has 1 aromatic heterocycles. The molecule has 0 bridgehead atoms. The molecule has 0 atom stereocenters. The van der Waals surface area contributed by atoms with Crippen molar-refractivity contribution < 1.29 is 13.9 Å². The van der Waals surface area contributed by atoms with Crippen LogP contribution in [-0.4, -0.2) is 62.7 Å². The van der Waals surface area contributed by atoms with E-state index in [1.165, 1.54) is 11.3 Å². The summed E-state index contributed by atoms with van der Waals surface area (Å²) >= 11 is 0. The summed E-state index contributed by atoms with van der Waals surface area (Å²) in [5.74, 6) is 1.35. The van der Waals surface area contributed by atoms with Crippen molar-refractivity contribution in [2.75, 3.05) is 62.0 Å². The Balaban J connectivity index is 1.37. The average molecular weight is 448 g/mol. The molecule has 3 heterocycles. The summed E-state index contributed by atoms with van der Waals surface area (Å²) in [6.07, 6.45) is 2.54. The van der Waals surface area contributed by atoms with Crippen LogP contribution in [0.2, 0.25) is 0 Å². The number of ether oxygens (including phenoxy) is 1. The molecule has 2 aliphatic rings. The number of carbonyl (C=O) groups excluding carboxylic acids is 1. The fourth-order valence-electron chi connectivity index (χ4n) is 4.50. The van der Waals surface area contributed by atoms with E-state index >= 15 is 0 Å². The molecule has 8 heteroatoms. The third kappa shape index (κ3) is 4.26. The first-order valence-corrected chi connectivity index (χ1v) is 11.3. The van der Waals surface area contributed by atoms with E-state index < -0.39 is 0 Å². The number of carbonyl (C=O) groups is 1. The van der Waals surface area contributed by atoms with Crippen LogP contribution in [0.3, 0.4) is 0 Å². The van der Waals surface area contributed by atoms with Gasteiger partial charge in [0, 0.05) is 49.7 Å². The fraction of sp³-hybridized carbons (Fsp3) is 0.360. The van der Waals surface area contributed by atoms with E-state index in [-0.39, 0.29) is 11.9 Å². The largest absolute Gasteiger partial charge is 0.495 e. The molecule has 1 N–H and O–H groups in total. The normalized spacial score (nSPS) is 16.1. The van der Waals surface area contributed by atoms with Gasteiger partial charge < -0.3 is 23.9 Å². The zero-order valence-electron chi connectivity index (χ0n) is 19.3. The molecule has 3 aromatic rings. The van der Waals surface area contributed by atoms with Gasteiger partial charge in [0.1, 0.15) is 11.5 Å². The van der Waals surface area contributed by atoms with Crippen molar-refractivity contribution in [3.05, 3.63) is 59.5 Å². The van der Waals surface area contributed by atoms with Crippen LogP contribution >= 0.6 is 0 Å². The molecule has 0 radical (unpaired) electrons. The summed E-state index contributed by atoms with van der Waals surface area (Å²) in [6.45, 7) is 6.74. The molecule has 1 amide bonds. The molecular formula is C25H29N5O3. The van der Waals surface area contributed by atoms with Gasteiger partial charge in [0.15, 0.2) is 0 Å². The summed E-state index contributed by atoms with van der Waals surface area (Å²) in [6, 6.07) is 12.3. The molecule has 1 saturated heterocycles. The second-order valence-electron chi connectivity index (χ2n) is 8.62. The predicted octanol–water partition coefficient (Wildman–Crippen LogP) is 3.69. The zero-order valence-corrected chi connectivity index (χ0v) is 19.3. The molecule has 0 spiro atoms. The van der Waals surface area contributed by atoms with Crippen molar-refractivity contribution >= 4 is 29.0 Å². The first kappa shape index (κ1) is 21.3. The summed E-state index contributed by atoms with van der Waals surface area (Å²) in [5.41, 5.74) is 5.25. The number of rotatable bonds is 5. The van der Waals surface area contributed by atoms with E-state index in [9.17, 15) is 4.79 Å². The SMILES string of the molecule is COc1cc2c(cc1N1CCN(C)CC1)N(c1ccc(C(=O)Nc3ncc(C)o3)cc1)CC2. The Morgan fingerprint density at radius 3 is 2.48 bits per heavy atom. The minimum Gasteiger partial charge on any atom is -0.495 e. The number of fused-ring (bicyclic) bond motifs is 1. The lowest BCUT2D eigenvalue weighted by Crippen LogP contribution is -2.44. The Labute approximate surface area is 193 Å². The molecule has 8 nitrogen and oxygen atoms in total. The van der Waals surface area contributed by atoms with Gasteiger partial charge in [0.2, 0.25) is 0 Å². The van der Waals surface area contributed by atoms with Crippen LogP contribution in [0.5, 0.6) is 5.75 Å². The van der Waals surface area contributed by atoms with Gasteiger partial charge in [-0.2, -0.15) is 0 Å². The number of oxazole rings is 1. The van der Waals surface area contributed by atoms with Crippen molar-refractivity contribution in [3.8, 4) is 5.75 Å². The van der Waals surface area contributed by atoms with Crippen molar-refractivity contribution in [1.29, 1.82) is 0 Å². The molecule has 1 fully saturated rings. The van der Waals surface area contributed by atoms with Gasteiger partial charge in [-0.15, -0.1) is 0 Å². The predicted molar refractivity (Wildman–Crippen MR) is 129 cm³/mol. The molecule has 172 valence electrons. The summed E-state index contributed by atoms with van der Waals surface area (Å²) in [5, 5.41) is 2.69. The minimum atomic E-state index is -0.243. The van der Waals surface area contributed by atoms with Crippen LogP contribution in [0.15, 0.2) is 47.0 Å². The molecule has 33 heavy (non-hydrogen) atoms. The van der Waals surface area contributed by atoms with E-state index in [0.29, 0.717) is 11.3 Å². The fourth-order valence-corrected chi connectivity index (χ4v) is 4.50. The highest BCUT2D eigenvalue weighted by molar-refractivity contribution is 6.03. The molecule has 5 rings (SSSR count). The summed E-state index contributed by atoms with van der Waals surface area (Å²) < 4.78 is 11.1. The molecular weight excluding hydrogens is 418 g/mol. The van der Waals surface area contributed by atoms with Crippen LogP contribution in [0.4, 0.5) is 23.1 Å². The maximum absolute atomic E-state index is 12.5. The van der Waals surface area contributed by atoms with E-state index in [2.05, 4.69) is 44.2 Å². The Bertz CT molecular complexity index is 1150. The lowest BCUT2D eigenvalue weighted by Gasteiger charge is -2.35. The zero-order chi connectivity index (χ0) is 22.9. The number of nitrogens with zero attached hydrogens (tertiary/aromatic N) is 4. The first-order valence-electron chi connectivity index (χ1n) is 11.3. The number of anilines is 4. The lowest BCUT2D eigenvalue weighted by molar-refractivity contribution is 0.102. The highest BCUT2D eigenvalue weighted by Crippen LogP contribution is 2.42. The van der Waals surface area contributed by atoms with Gasteiger partial charge in [-0.1, -0.05) is 0 Å². The van der Waals surface area contributed by atoms with Gasteiger partial charge in [-0.25, -0.2) is 4.98 Å². The maximum atomic E-state index is 12.5. The van der Waals surface area contributed by atoms with Gasteiger partial charge in [0.25, 0.3) is 5.91 Å². The number of aromatic nitrogens is 1. The van der Waals surface area contributed by atoms with Gasteiger partial charge in [-0.3, -0.25) is 10.1 Å². The molecule has 0 saturated carbocycles. The maximum Gasteiger partial charge on any atom is 0.301 e. The van der Waals surface area contributed by atoms with Gasteiger partial charge in [0.05, 0.1) is 19.0 Å². The number of amides is 1. The number of hydrogen-bond acceptors (Lipinski definition) is 7. The van der Waals surface area contributed by atoms with Crippen molar-refractivity contribution in [3.63, 3.8) is 0 Å². The molecule has 2 aromatic carbocycles. The Kier molecular flexibility index (Phi) is 5.68.